The van der Waals surface area contributed by atoms with Gasteiger partial charge in [-0.1, -0.05) is 26.0 Å². The first-order valence-corrected chi connectivity index (χ1v) is 9.98. The van der Waals surface area contributed by atoms with Gasteiger partial charge in [0.1, 0.15) is 4.88 Å². The Hall–Kier alpha value is -1.86. The van der Waals surface area contributed by atoms with E-state index in [9.17, 15) is 9.59 Å². The second-order valence-electron chi connectivity index (χ2n) is 6.15. The highest BCUT2D eigenvalue weighted by molar-refractivity contribution is 7.99. The van der Waals surface area contributed by atoms with Gasteiger partial charge in [-0.05, 0) is 37.0 Å². The number of aliphatic carboxylic acids is 1. The van der Waals surface area contributed by atoms with Crippen LogP contribution in [0.15, 0.2) is 24.3 Å². The summed E-state index contributed by atoms with van der Waals surface area (Å²) in [6.07, 6.45) is 0.777. The molecule has 1 aromatic carbocycles. The van der Waals surface area contributed by atoms with Crippen molar-refractivity contribution >= 4 is 40.7 Å². The highest BCUT2D eigenvalue weighted by atomic mass is 32.2. The maximum atomic E-state index is 12.6. The molecule has 0 aliphatic rings. The van der Waals surface area contributed by atoms with Crippen molar-refractivity contribution in [1.82, 2.24) is 4.98 Å². The smallest absolute Gasteiger partial charge is 0.313 e. The van der Waals surface area contributed by atoms with Gasteiger partial charge in [-0.3, -0.25) is 9.59 Å². The molecule has 134 valence electrons. The first-order chi connectivity index (χ1) is 11.8. The molecule has 0 aliphatic heterocycles. The van der Waals surface area contributed by atoms with Gasteiger partial charge in [-0.2, -0.15) is 0 Å². The maximum absolute atomic E-state index is 12.6. The van der Waals surface area contributed by atoms with E-state index in [1.54, 1.807) is 0 Å². The molecule has 2 N–H and O–H groups in total. The van der Waals surface area contributed by atoms with E-state index in [0.717, 1.165) is 22.7 Å². The molecule has 0 saturated heterocycles. The lowest BCUT2D eigenvalue weighted by Crippen LogP contribution is -2.13. The van der Waals surface area contributed by atoms with Crippen LogP contribution in [0.1, 0.15) is 39.8 Å². The van der Waals surface area contributed by atoms with Gasteiger partial charge in [0.05, 0.1) is 16.5 Å². The van der Waals surface area contributed by atoms with Crippen LogP contribution in [0.5, 0.6) is 0 Å². The largest absolute Gasteiger partial charge is 0.481 e. The van der Waals surface area contributed by atoms with Crippen LogP contribution in [0.3, 0.4) is 0 Å². The molecule has 2 aromatic rings. The molecule has 0 fully saturated rings. The molecule has 1 amide bonds. The Bertz CT molecular complexity index is 757. The molecule has 1 heterocycles. The molecule has 0 radical (unpaired) electrons. The summed E-state index contributed by atoms with van der Waals surface area (Å²) in [5.41, 5.74) is 2.54. The number of carboxylic acids is 1. The average molecular weight is 379 g/mol. The van der Waals surface area contributed by atoms with Crippen LogP contribution in [0.2, 0.25) is 0 Å². The minimum atomic E-state index is -0.826. The summed E-state index contributed by atoms with van der Waals surface area (Å²) in [6, 6.07) is 7.49. The molecule has 0 atom stereocenters. The number of thioether (sulfide) groups is 1. The third-order valence-corrected chi connectivity index (χ3v) is 5.29. The number of anilines is 1. The van der Waals surface area contributed by atoms with Gasteiger partial charge in [-0.15, -0.1) is 23.1 Å². The zero-order chi connectivity index (χ0) is 18.4. The predicted molar refractivity (Wildman–Crippen MR) is 104 cm³/mol. The van der Waals surface area contributed by atoms with Crippen molar-refractivity contribution in [3.8, 4) is 0 Å². The molecule has 0 saturated carbocycles. The number of thiazole rings is 1. The minimum absolute atomic E-state index is 0.0648. The summed E-state index contributed by atoms with van der Waals surface area (Å²) < 4.78 is 0. The van der Waals surface area contributed by atoms with Crippen LogP contribution < -0.4 is 5.32 Å². The van der Waals surface area contributed by atoms with E-state index in [0.29, 0.717) is 22.2 Å². The lowest BCUT2D eigenvalue weighted by Gasteiger charge is -2.08. The average Bonchev–Trinajstić information content (AvgIpc) is 2.87. The van der Waals surface area contributed by atoms with E-state index in [1.807, 2.05) is 31.2 Å². The van der Waals surface area contributed by atoms with E-state index in [1.165, 1.54) is 23.1 Å². The van der Waals surface area contributed by atoms with Gasteiger partial charge in [0, 0.05) is 11.4 Å². The first-order valence-electron chi connectivity index (χ1n) is 8.01. The molecule has 25 heavy (non-hydrogen) atoms. The van der Waals surface area contributed by atoms with Crippen LogP contribution in [-0.4, -0.2) is 27.7 Å². The van der Waals surface area contributed by atoms with Crippen molar-refractivity contribution in [2.45, 2.75) is 32.9 Å². The summed E-state index contributed by atoms with van der Waals surface area (Å²) >= 11 is 2.74. The molecule has 7 heteroatoms. The Labute approximate surface area is 155 Å². The molecular weight excluding hydrogens is 356 g/mol. The van der Waals surface area contributed by atoms with Gasteiger partial charge in [0.25, 0.3) is 5.91 Å². The van der Waals surface area contributed by atoms with Crippen molar-refractivity contribution in [3.05, 3.63) is 45.4 Å². The lowest BCUT2D eigenvalue weighted by molar-refractivity contribution is -0.133. The van der Waals surface area contributed by atoms with Gasteiger partial charge in [0.15, 0.2) is 0 Å². The molecule has 5 nitrogen and oxygen atoms in total. The fourth-order valence-electron chi connectivity index (χ4n) is 2.36. The van der Waals surface area contributed by atoms with E-state index in [-0.39, 0.29) is 11.7 Å². The maximum Gasteiger partial charge on any atom is 0.313 e. The van der Waals surface area contributed by atoms with Crippen LogP contribution >= 0.6 is 23.1 Å². The summed E-state index contributed by atoms with van der Waals surface area (Å²) in [4.78, 5) is 28.4. The van der Waals surface area contributed by atoms with E-state index in [4.69, 9.17) is 5.11 Å². The summed E-state index contributed by atoms with van der Waals surface area (Å²) in [6.45, 7) is 6.12. The number of aromatic nitrogens is 1. The van der Waals surface area contributed by atoms with Crippen molar-refractivity contribution < 1.29 is 14.7 Å². The van der Waals surface area contributed by atoms with E-state index >= 15 is 0 Å². The Balaban J connectivity index is 2.07. The Kier molecular flexibility index (Phi) is 7.01. The summed E-state index contributed by atoms with van der Waals surface area (Å²) in [5.74, 6) is 0.121. The third-order valence-electron chi connectivity index (χ3n) is 3.29. The van der Waals surface area contributed by atoms with E-state index in [2.05, 4.69) is 24.1 Å². The van der Waals surface area contributed by atoms with Crippen LogP contribution in [0.4, 0.5) is 5.69 Å². The lowest BCUT2D eigenvalue weighted by atomic mass is 10.1. The molecule has 0 bridgehead atoms. The number of carbonyl (C=O) groups excluding carboxylic acids is 1. The topological polar surface area (TPSA) is 79.3 Å². The van der Waals surface area contributed by atoms with Crippen LogP contribution in [-0.2, 0) is 17.0 Å². The second kappa shape index (κ2) is 9.01. The van der Waals surface area contributed by atoms with Crippen molar-refractivity contribution in [2.24, 2.45) is 5.92 Å². The number of carboxylic acid groups (broad SMARTS) is 1. The van der Waals surface area contributed by atoms with E-state index < -0.39 is 5.97 Å². The number of amides is 1. The zero-order valence-corrected chi connectivity index (χ0v) is 16.2. The Morgan fingerprint density at radius 3 is 2.80 bits per heavy atom. The Morgan fingerprint density at radius 2 is 2.12 bits per heavy atom. The second-order valence-corrected chi connectivity index (χ2v) is 8.34. The number of aryl methyl sites for hydroxylation is 1. The minimum Gasteiger partial charge on any atom is -0.481 e. The molecule has 2 rings (SSSR count). The fraction of sp³-hybridized carbons (Fsp3) is 0.389. The van der Waals surface area contributed by atoms with Gasteiger partial charge >= 0.3 is 5.97 Å². The zero-order valence-electron chi connectivity index (χ0n) is 14.5. The number of rotatable bonds is 8. The van der Waals surface area contributed by atoms with Crippen LogP contribution in [0, 0.1) is 12.8 Å². The monoisotopic (exact) mass is 378 g/mol. The Morgan fingerprint density at radius 1 is 1.36 bits per heavy atom. The van der Waals surface area contributed by atoms with Crippen molar-refractivity contribution in [3.63, 3.8) is 0 Å². The number of hydrogen-bond acceptors (Lipinski definition) is 5. The van der Waals surface area contributed by atoms with Gasteiger partial charge in [0.2, 0.25) is 0 Å². The molecular formula is C18H22N2O3S2. The molecule has 0 spiro atoms. The highest BCUT2D eigenvalue weighted by Gasteiger charge is 2.17. The van der Waals surface area contributed by atoms with Gasteiger partial charge in [-0.25, -0.2) is 4.98 Å². The van der Waals surface area contributed by atoms with Gasteiger partial charge < -0.3 is 10.4 Å². The molecule has 0 aliphatic carbocycles. The normalized spacial score (nSPS) is 10.9. The summed E-state index contributed by atoms with van der Waals surface area (Å²) in [5, 5.41) is 12.5. The number of nitrogens with zero attached hydrogens (tertiary/aromatic N) is 1. The van der Waals surface area contributed by atoms with Crippen molar-refractivity contribution in [2.75, 3.05) is 11.1 Å². The SMILES string of the molecule is Cc1nc(CC(C)C)c(C(=O)Nc2cccc(CSCC(=O)O)c2)s1. The summed E-state index contributed by atoms with van der Waals surface area (Å²) in [7, 11) is 0. The predicted octanol–water partition coefficient (Wildman–Crippen LogP) is 4.22. The third kappa shape index (κ3) is 6.17. The number of benzene rings is 1. The number of carbonyl (C=O) groups is 2. The van der Waals surface area contributed by atoms with Crippen LogP contribution in [0.25, 0.3) is 0 Å². The highest BCUT2D eigenvalue weighted by Crippen LogP contribution is 2.23. The molecule has 0 unspecified atom stereocenters. The molecule has 1 aromatic heterocycles. The number of hydrogen-bond donors (Lipinski definition) is 2. The quantitative estimate of drug-likeness (QED) is 0.719. The fourth-order valence-corrected chi connectivity index (χ4v) is 3.89. The number of nitrogens with one attached hydrogen (secondary N) is 1. The first kappa shape index (κ1) is 19.5. The van der Waals surface area contributed by atoms with Crippen molar-refractivity contribution in [1.29, 1.82) is 0 Å². The standard InChI is InChI=1S/C18H22N2O3S2/c1-11(2)7-15-17(25-12(3)19-15)18(23)20-14-6-4-5-13(8-14)9-24-10-16(21)22/h4-6,8,11H,7,9-10H2,1-3H3,(H,20,23)(H,21,22).